The lowest BCUT2D eigenvalue weighted by atomic mass is 10.2. The Labute approximate surface area is 122 Å². The van der Waals surface area contributed by atoms with E-state index < -0.39 is 0 Å². The molecule has 0 fully saturated rings. The van der Waals surface area contributed by atoms with Gasteiger partial charge in [0, 0.05) is 25.5 Å². The number of anilines is 2. The van der Waals surface area contributed by atoms with Crippen molar-refractivity contribution in [1.82, 2.24) is 9.55 Å². The van der Waals surface area contributed by atoms with Gasteiger partial charge in [-0.15, -0.1) is 0 Å². The first-order valence-corrected chi connectivity index (χ1v) is 6.56. The Balaban J connectivity index is 2.21. The summed E-state index contributed by atoms with van der Waals surface area (Å²) in [6.45, 7) is 0. The Hall–Kier alpha value is -3.00. The van der Waals surface area contributed by atoms with Crippen molar-refractivity contribution in [2.24, 2.45) is 0 Å². The highest BCUT2D eigenvalue weighted by Gasteiger charge is 2.12. The molecule has 1 aromatic heterocycles. The quantitative estimate of drug-likeness (QED) is 0.781. The van der Waals surface area contributed by atoms with E-state index in [1.165, 1.54) is 0 Å². The minimum Gasteiger partial charge on any atom is -0.378 e. The van der Waals surface area contributed by atoms with Gasteiger partial charge in [0.25, 0.3) is 0 Å². The highest BCUT2D eigenvalue weighted by molar-refractivity contribution is 5.85. The number of imidazole rings is 1. The summed E-state index contributed by atoms with van der Waals surface area (Å²) in [6, 6.07) is 15.7. The fourth-order valence-corrected chi connectivity index (χ4v) is 2.38. The fourth-order valence-electron chi connectivity index (χ4n) is 2.38. The Kier molecular flexibility index (Phi) is 2.99. The number of nitrogen functional groups attached to an aromatic ring is 1. The number of benzene rings is 2. The van der Waals surface area contributed by atoms with Crippen LogP contribution in [-0.2, 0) is 0 Å². The van der Waals surface area contributed by atoms with Crippen molar-refractivity contribution < 1.29 is 0 Å². The molecular weight excluding hydrogens is 262 g/mol. The molecule has 2 N–H and O–H groups in total. The zero-order valence-corrected chi connectivity index (χ0v) is 11.9. The van der Waals surface area contributed by atoms with Gasteiger partial charge >= 0.3 is 0 Å². The number of hydrogen-bond acceptors (Lipinski definition) is 4. The first-order chi connectivity index (χ1) is 10.1. The highest BCUT2D eigenvalue weighted by atomic mass is 15.2. The van der Waals surface area contributed by atoms with Crippen molar-refractivity contribution in [1.29, 1.82) is 5.26 Å². The predicted octanol–water partition coefficient (Wildman–Crippen LogP) is 2.55. The van der Waals surface area contributed by atoms with Gasteiger partial charge in [0.1, 0.15) is 11.6 Å². The molecule has 104 valence electrons. The van der Waals surface area contributed by atoms with Crippen LogP contribution < -0.4 is 10.6 Å². The molecule has 5 nitrogen and oxygen atoms in total. The SMILES string of the molecule is CN(C)c1ccc(-n2c(N)nc3c(C#N)cccc32)cc1. The molecule has 1 heterocycles. The second kappa shape index (κ2) is 4.84. The molecule has 0 aliphatic carbocycles. The molecule has 0 saturated carbocycles. The number of nitrogens with zero attached hydrogens (tertiary/aromatic N) is 4. The van der Waals surface area contributed by atoms with Gasteiger partial charge in [-0.3, -0.25) is 4.57 Å². The zero-order chi connectivity index (χ0) is 15.0. The molecule has 0 spiro atoms. The van der Waals surface area contributed by atoms with Crippen LogP contribution in [0.2, 0.25) is 0 Å². The maximum absolute atomic E-state index is 9.16. The third kappa shape index (κ3) is 2.07. The molecule has 0 bridgehead atoms. The van der Waals surface area contributed by atoms with Gasteiger partial charge in [-0.1, -0.05) is 6.07 Å². The predicted molar refractivity (Wildman–Crippen MR) is 84.5 cm³/mol. The lowest BCUT2D eigenvalue weighted by Gasteiger charge is -2.13. The molecule has 3 rings (SSSR count). The summed E-state index contributed by atoms with van der Waals surface area (Å²) in [5, 5.41) is 9.16. The third-order valence-corrected chi connectivity index (χ3v) is 3.46. The second-order valence-electron chi connectivity index (χ2n) is 5.00. The monoisotopic (exact) mass is 277 g/mol. The number of nitrogens with two attached hydrogens (primary N) is 1. The van der Waals surface area contributed by atoms with E-state index in [0.717, 1.165) is 16.9 Å². The van der Waals surface area contributed by atoms with E-state index in [0.29, 0.717) is 17.0 Å². The molecule has 0 atom stereocenters. The van der Waals surface area contributed by atoms with Gasteiger partial charge in [-0.05, 0) is 36.4 Å². The van der Waals surface area contributed by atoms with Crippen molar-refractivity contribution >= 4 is 22.7 Å². The van der Waals surface area contributed by atoms with Crippen LogP contribution in [0.1, 0.15) is 5.56 Å². The zero-order valence-electron chi connectivity index (χ0n) is 11.9. The Bertz CT molecular complexity index is 837. The summed E-state index contributed by atoms with van der Waals surface area (Å²) in [5.41, 5.74) is 10.1. The minimum atomic E-state index is 0.380. The Morgan fingerprint density at radius 2 is 1.86 bits per heavy atom. The van der Waals surface area contributed by atoms with Crippen LogP contribution in [0.5, 0.6) is 0 Å². The average Bonchev–Trinajstić information content (AvgIpc) is 2.83. The molecular formula is C16H15N5. The summed E-state index contributed by atoms with van der Waals surface area (Å²) in [7, 11) is 3.99. The van der Waals surface area contributed by atoms with Crippen LogP contribution in [-0.4, -0.2) is 23.6 Å². The van der Waals surface area contributed by atoms with E-state index >= 15 is 0 Å². The number of aromatic nitrogens is 2. The van der Waals surface area contributed by atoms with E-state index in [4.69, 9.17) is 11.0 Å². The first-order valence-electron chi connectivity index (χ1n) is 6.56. The average molecular weight is 277 g/mol. The Morgan fingerprint density at radius 3 is 2.48 bits per heavy atom. The van der Waals surface area contributed by atoms with E-state index in [1.807, 2.05) is 60.0 Å². The van der Waals surface area contributed by atoms with Crippen LogP contribution in [0.15, 0.2) is 42.5 Å². The standard InChI is InChI=1S/C16H15N5/c1-20(2)12-6-8-13(9-7-12)21-14-5-3-4-11(10-17)15(14)19-16(21)18/h3-9H,1-2H3,(H2,18,19). The van der Waals surface area contributed by atoms with Gasteiger partial charge < -0.3 is 10.6 Å². The molecule has 0 aliphatic heterocycles. The number of para-hydroxylation sites is 1. The van der Waals surface area contributed by atoms with Crippen molar-refractivity contribution in [2.75, 3.05) is 24.7 Å². The molecule has 0 amide bonds. The number of fused-ring (bicyclic) bond motifs is 1. The molecule has 2 aromatic carbocycles. The molecule has 5 heteroatoms. The molecule has 3 aromatic rings. The maximum atomic E-state index is 9.16. The van der Waals surface area contributed by atoms with Crippen LogP contribution in [0.3, 0.4) is 0 Å². The van der Waals surface area contributed by atoms with Crippen LogP contribution in [0.4, 0.5) is 11.6 Å². The van der Waals surface area contributed by atoms with Gasteiger partial charge in [-0.25, -0.2) is 4.98 Å². The van der Waals surface area contributed by atoms with Crippen molar-refractivity contribution in [3.05, 3.63) is 48.0 Å². The molecule has 0 aliphatic rings. The van der Waals surface area contributed by atoms with Gasteiger partial charge in [0.2, 0.25) is 5.95 Å². The highest BCUT2D eigenvalue weighted by Crippen LogP contribution is 2.26. The molecule has 21 heavy (non-hydrogen) atoms. The van der Waals surface area contributed by atoms with Gasteiger partial charge in [0.15, 0.2) is 0 Å². The summed E-state index contributed by atoms with van der Waals surface area (Å²) in [4.78, 5) is 6.36. The summed E-state index contributed by atoms with van der Waals surface area (Å²) in [6.07, 6.45) is 0. The van der Waals surface area contributed by atoms with Crippen molar-refractivity contribution in [3.63, 3.8) is 0 Å². The molecule has 0 saturated heterocycles. The van der Waals surface area contributed by atoms with Crippen molar-refractivity contribution in [3.8, 4) is 11.8 Å². The number of nitriles is 1. The summed E-state index contributed by atoms with van der Waals surface area (Å²) < 4.78 is 1.86. The van der Waals surface area contributed by atoms with E-state index in [9.17, 15) is 0 Å². The lowest BCUT2D eigenvalue weighted by Crippen LogP contribution is -2.08. The van der Waals surface area contributed by atoms with E-state index in [2.05, 4.69) is 11.1 Å². The molecule has 0 unspecified atom stereocenters. The second-order valence-corrected chi connectivity index (χ2v) is 5.00. The minimum absolute atomic E-state index is 0.380. The first kappa shape index (κ1) is 13.0. The maximum Gasteiger partial charge on any atom is 0.205 e. The normalized spacial score (nSPS) is 10.5. The lowest BCUT2D eigenvalue weighted by molar-refractivity contribution is 1.09. The van der Waals surface area contributed by atoms with Crippen molar-refractivity contribution in [2.45, 2.75) is 0 Å². The topological polar surface area (TPSA) is 70.9 Å². The summed E-state index contributed by atoms with van der Waals surface area (Å²) >= 11 is 0. The number of hydrogen-bond donors (Lipinski definition) is 1. The third-order valence-electron chi connectivity index (χ3n) is 3.46. The summed E-state index contributed by atoms with van der Waals surface area (Å²) in [5.74, 6) is 0.380. The van der Waals surface area contributed by atoms with Crippen LogP contribution in [0.25, 0.3) is 16.7 Å². The van der Waals surface area contributed by atoms with E-state index in [-0.39, 0.29) is 0 Å². The Morgan fingerprint density at radius 1 is 1.14 bits per heavy atom. The fraction of sp³-hybridized carbons (Fsp3) is 0.125. The molecule has 0 radical (unpaired) electrons. The number of rotatable bonds is 2. The van der Waals surface area contributed by atoms with Gasteiger partial charge in [-0.2, -0.15) is 5.26 Å². The largest absolute Gasteiger partial charge is 0.378 e. The van der Waals surface area contributed by atoms with E-state index in [1.54, 1.807) is 6.07 Å². The van der Waals surface area contributed by atoms with Crippen LogP contribution in [0, 0.1) is 11.3 Å². The van der Waals surface area contributed by atoms with Gasteiger partial charge in [0.05, 0.1) is 11.1 Å². The smallest absolute Gasteiger partial charge is 0.205 e. The van der Waals surface area contributed by atoms with Crippen LogP contribution >= 0.6 is 0 Å².